The molecule has 0 amide bonds. The summed E-state index contributed by atoms with van der Waals surface area (Å²) in [5.74, 6) is 0. The molecule has 1 aromatic carbocycles. The SMILES string of the molecule is Cn1cc(CNc2cc(Cl)ccc2-n2cccn2)cn1. The number of hydrogen-bond acceptors (Lipinski definition) is 3. The summed E-state index contributed by atoms with van der Waals surface area (Å²) in [5, 5.41) is 12.5. The van der Waals surface area contributed by atoms with E-state index in [1.165, 1.54) is 0 Å². The van der Waals surface area contributed by atoms with Crippen molar-refractivity contribution < 1.29 is 0 Å². The zero-order valence-corrected chi connectivity index (χ0v) is 11.7. The van der Waals surface area contributed by atoms with Gasteiger partial charge in [0.1, 0.15) is 0 Å². The number of nitrogens with zero attached hydrogens (tertiary/aromatic N) is 4. The molecule has 0 saturated heterocycles. The van der Waals surface area contributed by atoms with Crippen molar-refractivity contribution >= 4 is 17.3 Å². The average Bonchev–Trinajstić information content (AvgIpc) is 3.08. The number of benzene rings is 1. The highest BCUT2D eigenvalue weighted by molar-refractivity contribution is 6.31. The molecule has 5 nitrogen and oxygen atoms in total. The summed E-state index contributed by atoms with van der Waals surface area (Å²) in [6.45, 7) is 0.683. The smallest absolute Gasteiger partial charge is 0.0877 e. The van der Waals surface area contributed by atoms with E-state index < -0.39 is 0 Å². The van der Waals surface area contributed by atoms with E-state index in [1.807, 2.05) is 54.6 Å². The molecule has 0 atom stereocenters. The third kappa shape index (κ3) is 2.67. The highest BCUT2D eigenvalue weighted by atomic mass is 35.5. The first kappa shape index (κ1) is 12.7. The second-order valence-corrected chi connectivity index (χ2v) is 4.92. The van der Waals surface area contributed by atoms with E-state index in [2.05, 4.69) is 15.5 Å². The molecule has 0 spiro atoms. The first-order valence-corrected chi connectivity index (χ1v) is 6.61. The lowest BCUT2D eigenvalue weighted by Gasteiger charge is -2.12. The van der Waals surface area contributed by atoms with Crippen molar-refractivity contribution in [1.29, 1.82) is 0 Å². The summed E-state index contributed by atoms with van der Waals surface area (Å²) >= 11 is 6.08. The molecule has 0 aliphatic heterocycles. The lowest BCUT2D eigenvalue weighted by molar-refractivity contribution is 0.767. The van der Waals surface area contributed by atoms with Crippen LogP contribution in [-0.2, 0) is 13.6 Å². The predicted octanol–water partition coefficient (Wildman–Crippen LogP) is 2.87. The Hall–Kier alpha value is -2.27. The minimum Gasteiger partial charge on any atom is -0.379 e. The summed E-state index contributed by atoms with van der Waals surface area (Å²) in [7, 11) is 1.90. The van der Waals surface area contributed by atoms with Crippen LogP contribution in [0.25, 0.3) is 5.69 Å². The third-order valence-corrected chi connectivity index (χ3v) is 3.19. The number of halogens is 1. The minimum atomic E-state index is 0.683. The summed E-state index contributed by atoms with van der Waals surface area (Å²) in [6.07, 6.45) is 7.47. The molecule has 6 heteroatoms. The summed E-state index contributed by atoms with van der Waals surface area (Å²) < 4.78 is 3.59. The van der Waals surface area contributed by atoms with Gasteiger partial charge in [-0.15, -0.1) is 0 Å². The highest BCUT2D eigenvalue weighted by Crippen LogP contribution is 2.24. The lowest BCUT2D eigenvalue weighted by atomic mass is 10.2. The average molecular weight is 288 g/mol. The Bertz CT molecular complexity index is 702. The van der Waals surface area contributed by atoms with Crippen LogP contribution >= 0.6 is 11.6 Å². The van der Waals surface area contributed by atoms with Crippen LogP contribution in [0.4, 0.5) is 5.69 Å². The molecule has 0 unspecified atom stereocenters. The first-order chi connectivity index (χ1) is 9.72. The second kappa shape index (κ2) is 5.38. The topological polar surface area (TPSA) is 47.7 Å². The van der Waals surface area contributed by atoms with Gasteiger partial charge < -0.3 is 5.32 Å². The molecule has 102 valence electrons. The molecular weight excluding hydrogens is 274 g/mol. The Morgan fingerprint density at radius 3 is 2.90 bits per heavy atom. The third-order valence-electron chi connectivity index (χ3n) is 2.95. The number of aromatic nitrogens is 4. The van der Waals surface area contributed by atoms with E-state index in [9.17, 15) is 0 Å². The fourth-order valence-corrected chi connectivity index (χ4v) is 2.19. The van der Waals surface area contributed by atoms with E-state index in [-0.39, 0.29) is 0 Å². The van der Waals surface area contributed by atoms with E-state index in [0.29, 0.717) is 11.6 Å². The molecule has 0 bridgehead atoms. The van der Waals surface area contributed by atoms with Crippen molar-refractivity contribution in [2.45, 2.75) is 6.54 Å². The largest absolute Gasteiger partial charge is 0.379 e. The Morgan fingerprint density at radius 2 is 2.20 bits per heavy atom. The number of rotatable bonds is 4. The molecule has 3 aromatic rings. The zero-order chi connectivity index (χ0) is 13.9. The van der Waals surface area contributed by atoms with Crippen molar-refractivity contribution in [3.8, 4) is 5.69 Å². The summed E-state index contributed by atoms with van der Waals surface area (Å²) in [4.78, 5) is 0. The van der Waals surface area contributed by atoms with Crippen LogP contribution in [0.1, 0.15) is 5.56 Å². The molecule has 0 saturated carbocycles. The van der Waals surface area contributed by atoms with E-state index in [4.69, 9.17) is 11.6 Å². The number of hydrogen-bond donors (Lipinski definition) is 1. The molecule has 0 fully saturated rings. The molecule has 20 heavy (non-hydrogen) atoms. The monoisotopic (exact) mass is 287 g/mol. The molecule has 0 radical (unpaired) electrons. The Morgan fingerprint density at radius 1 is 1.30 bits per heavy atom. The maximum Gasteiger partial charge on any atom is 0.0877 e. The van der Waals surface area contributed by atoms with E-state index in [0.717, 1.165) is 16.9 Å². The molecule has 0 aliphatic rings. The Labute approximate surface area is 121 Å². The fourth-order valence-electron chi connectivity index (χ4n) is 2.02. The molecule has 2 aromatic heterocycles. The van der Waals surface area contributed by atoms with Gasteiger partial charge in [-0.05, 0) is 24.3 Å². The highest BCUT2D eigenvalue weighted by Gasteiger charge is 2.06. The van der Waals surface area contributed by atoms with Crippen LogP contribution < -0.4 is 5.32 Å². The second-order valence-electron chi connectivity index (χ2n) is 4.49. The van der Waals surface area contributed by atoms with Gasteiger partial charge in [0.15, 0.2) is 0 Å². The van der Waals surface area contributed by atoms with Gasteiger partial charge in [-0.25, -0.2) is 4.68 Å². The van der Waals surface area contributed by atoms with Crippen LogP contribution in [0, 0.1) is 0 Å². The van der Waals surface area contributed by atoms with E-state index >= 15 is 0 Å². The van der Waals surface area contributed by atoms with Crippen LogP contribution in [0.15, 0.2) is 49.1 Å². The van der Waals surface area contributed by atoms with Gasteiger partial charge in [-0.3, -0.25) is 4.68 Å². The zero-order valence-electron chi connectivity index (χ0n) is 11.0. The van der Waals surface area contributed by atoms with Gasteiger partial charge in [-0.2, -0.15) is 10.2 Å². The maximum atomic E-state index is 6.08. The van der Waals surface area contributed by atoms with Gasteiger partial charge in [0.25, 0.3) is 0 Å². The molecule has 2 heterocycles. The molecular formula is C14H14ClN5. The van der Waals surface area contributed by atoms with Gasteiger partial charge in [-0.1, -0.05) is 11.6 Å². The van der Waals surface area contributed by atoms with Crippen LogP contribution in [0.5, 0.6) is 0 Å². The summed E-state index contributed by atoms with van der Waals surface area (Å²) in [5.41, 5.74) is 3.01. The van der Waals surface area contributed by atoms with Crippen LogP contribution in [0.2, 0.25) is 5.02 Å². The normalized spacial score (nSPS) is 10.7. The van der Waals surface area contributed by atoms with Gasteiger partial charge in [0.05, 0.1) is 17.6 Å². The first-order valence-electron chi connectivity index (χ1n) is 6.23. The van der Waals surface area contributed by atoms with Crippen LogP contribution in [0.3, 0.4) is 0 Å². The van der Waals surface area contributed by atoms with Crippen molar-refractivity contribution in [1.82, 2.24) is 19.6 Å². The van der Waals surface area contributed by atoms with Gasteiger partial charge in [0, 0.05) is 42.8 Å². The molecule has 1 N–H and O–H groups in total. The predicted molar refractivity (Wildman–Crippen MR) is 79.1 cm³/mol. The standard InChI is InChI=1S/C14H14ClN5/c1-19-10-11(9-18-19)8-16-13-7-12(15)3-4-14(13)20-6-2-5-17-20/h2-7,9-10,16H,8H2,1H3. The quantitative estimate of drug-likeness (QED) is 0.803. The summed E-state index contributed by atoms with van der Waals surface area (Å²) in [6, 6.07) is 7.59. The van der Waals surface area contributed by atoms with Crippen molar-refractivity contribution in [2.75, 3.05) is 5.32 Å². The van der Waals surface area contributed by atoms with Crippen molar-refractivity contribution in [3.63, 3.8) is 0 Å². The molecule has 0 aliphatic carbocycles. The Balaban J connectivity index is 1.86. The lowest BCUT2D eigenvalue weighted by Crippen LogP contribution is -2.04. The number of nitrogens with one attached hydrogen (secondary N) is 1. The Kier molecular flexibility index (Phi) is 3.43. The number of anilines is 1. The molecule has 3 rings (SSSR count). The van der Waals surface area contributed by atoms with Crippen LogP contribution in [-0.4, -0.2) is 19.6 Å². The van der Waals surface area contributed by atoms with Crippen molar-refractivity contribution in [3.05, 3.63) is 59.6 Å². The fraction of sp³-hybridized carbons (Fsp3) is 0.143. The van der Waals surface area contributed by atoms with Gasteiger partial charge >= 0.3 is 0 Å². The van der Waals surface area contributed by atoms with E-state index in [1.54, 1.807) is 10.9 Å². The van der Waals surface area contributed by atoms with Crippen molar-refractivity contribution in [2.24, 2.45) is 7.05 Å². The minimum absolute atomic E-state index is 0.683. The number of aryl methyl sites for hydroxylation is 1. The maximum absolute atomic E-state index is 6.08. The van der Waals surface area contributed by atoms with Gasteiger partial charge in [0.2, 0.25) is 0 Å².